The molecule has 2 fully saturated rings. The highest BCUT2D eigenvalue weighted by Gasteiger charge is 2.49. The van der Waals surface area contributed by atoms with E-state index in [1.807, 2.05) is 24.6 Å². The van der Waals surface area contributed by atoms with Crippen molar-refractivity contribution in [3.8, 4) is 0 Å². The lowest BCUT2D eigenvalue weighted by molar-refractivity contribution is -0.147. The van der Waals surface area contributed by atoms with E-state index in [1.165, 1.54) is 0 Å². The molecule has 0 radical (unpaired) electrons. The zero-order valence-corrected chi connectivity index (χ0v) is 16.1. The summed E-state index contributed by atoms with van der Waals surface area (Å²) in [6.07, 6.45) is 6.28. The Morgan fingerprint density at radius 3 is 2.42 bits per heavy atom. The van der Waals surface area contributed by atoms with Crippen LogP contribution in [0.15, 0.2) is 18.7 Å². The summed E-state index contributed by atoms with van der Waals surface area (Å²) in [6.45, 7) is 5.13. The van der Waals surface area contributed by atoms with Gasteiger partial charge in [-0.25, -0.2) is 13.4 Å². The predicted molar refractivity (Wildman–Crippen MR) is 96.0 cm³/mol. The standard InChI is InChI=1S/C17H26N4O4S/c1-13(2)17(23)21-9-8-20(14-10-26(24,25)11-15(14)21)16(22)4-3-6-19-7-5-18-12-19/h5,7,12-15H,3-4,6,8-11H2,1-2H3/t14-,15+/m0/s1. The molecular formula is C17H26N4O4S. The van der Waals surface area contributed by atoms with Crippen molar-refractivity contribution >= 4 is 21.7 Å². The molecule has 2 aliphatic heterocycles. The third kappa shape index (κ3) is 3.92. The molecule has 3 heterocycles. The van der Waals surface area contributed by atoms with Gasteiger partial charge in [0.25, 0.3) is 0 Å². The largest absolute Gasteiger partial charge is 0.337 e. The van der Waals surface area contributed by atoms with Gasteiger partial charge in [-0.05, 0) is 6.42 Å². The fourth-order valence-corrected chi connectivity index (χ4v) is 5.82. The number of carbonyl (C=O) groups excluding carboxylic acids is 2. The number of hydrogen-bond acceptors (Lipinski definition) is 5. The van der Waals surface area contributed by atoms with Crippen LogP contribution in [0.25, 0.3) is 0 Å². The lowest BCUT2D eigenvalue weighted by Crippen LogP contribution is -2.62. The first kappa shape index (κ1) is 18.9. The van der Waals surface area contributed by atoms with Crippen LogP contribution in [0, 0.1) is 5.92 Å². The summed E-state index contributed by atoms with van der Waals surface area (Å²) in [5, 5.41) is 0. The van der Waals surface area contributed by atoms with Gasteiger partial charge >= 0.3 is 0 Å². The topological polar surface area (TPSA) is 92.6 Å². The van der Waals surface area contributed by atoms with Crippen molar-refractivity contribution in [1.29, 1.82) is 0 Å². The summed E-state index contributed by atoms with van der Waals surface area (Å²) < 4.78 is 26.3. The minimum Gasteiger partial charge on any atom is -0.337 e. The normalized spacial score (nSPS) is 24.7. The summed E-state index contributed by atoms with van der Waals surface area (Å²) >= 11 is 0. The van der Waals surface area contributed by atoms with E-state index < -0.39 is 21.9 Å². The molecule has 0 bridgehead atoms. The van der Waals surface area contributed by atoms with Crippen LogP contribution in [0.1, 0.15) is 26.7 Å². The maximum Gasteiger partial charge on any atom is 0.225 e. The molecule has 9 heteroatoms. The zero-order chi connectivity index (χ0) is 18.9. The minimum atomic E-state index is -3.24. The Hall–Kier alpha value is -1.90. The van der Waals surface area contributed by atoms with Gasteiger partial charge in [0.05, 0.1) is 29.9 Å². The lowest BCUT2D eigenvalue weighted by atomic mass is 10.0. The van der Waals surface area contributed by atoms with Gasteiger partial charge in [-0.1, -0.05) is 13.8 Å². The highest BCUT2D eigenvalue weighted by atomic mass is 32.2. The summed E-state index contributed by atoms with van der Waals surface area (Å²) in [7, 11) is -3.24. The Balaban J connectivity index is 1.67. The number of aryl methyl sites for hydroxylation is 1. The zero-order valence-electron chi connectivity index (χ0n) is 15.2. The van der Waals surface area contributed by atoms with E-state index in [0.717, 1.165) is 0 Å². The van der Waals surface area contributed by atoms with E-state index in [1.54, 1.807) is 22.3 Å². The molecular weight excluding hydrogens is 356 g/mol. The molecule has 144 valence electrons. The Bertz CT molecular complexity index is 760. The van der Waals surface area contributed by atoms with E-state index in [0.29, 0.717) is 32.5 Å². The number of sulfone groups is 1. The summed E-state index contributed by atoms with van der Waals surface area (Å²) in [5.74, 6) is -0.351. The molecule has 0 aliphatic carbocycles. The molecule has 0 N–H and O–H groups in total. The number of fused-ring (bicyclic) bond motifs is 1. The average molecular weight is 382 g/mol. The van der Waals surface area contributed by atoms with Crippen LogP contribution in [0.4, 0.5) is 0 Å². The van der Waals surface area contributed by atoms with E-state index in [2.05, 4.69) is 4.98 Å². The second kappa shape index (κ2) is 7.38. The van der Waals surface area contributed by atoms with Crippen molar-refractivity contribution < 1.29 is 18.0 Å². The van der Waals surface area contributed by atoms with Gasteiger partial charge in [-0.15, -0.1) is 0 Å². The number of nitrogens with zero attached hydrogens (tertiary/aromatic N) is 4. The van der Waals surface area contributed by atoms with Crippen molar-refractivity contribution in [1.82, 2.24) is 19.4 Å². The van der Waals surface area contributed by atoms with Crippen molar-refractivity contribution in [2.75, 3.05) is 24.6 Å². The number of imidazole rings is 1. The quantitative estimate of drug-likeness (QED) is 0.723. The Labute approximate surface area is 154 Å². The molecule has 8 nitrogen and oxygen atoms in total. The Kier molecular flexibility index (Phi) is 5.36. The van der Waals surface area contributed by atoms with Crippen LogP contribution in [0.5, 0.6) is 0 Å². The maximum atomic E-state index is 12.7. The maximum absolute atomic E-state index is 12.7. The average Bonchev–Trinajstić information content (AvgIpc) is 3.19. The Morgan fingerprint density at radius 2 is 1.81 bits per heavy atom. The third-order valence-electron chi connectivity index (χ3n) is 5.14. The molecule has 0 saturated carbocycles. The van der Waals surface area contributed by atoms with Gasteiger partial charge in [0, 0.05) is 44.4 Å². The van der Waals surface area contributed by atoms with E-state index >= 15 is 0 Å². The van der Waals surface area contributed by atoms with Crippen LogP contribution in [0.3, 0.4) is 0 Å². The lowest BCUT2D eigenvalue weighted by Gasteiger charge is -2.44. The van der Waals surface area contributed by atoms with Crippen LogP contribution >= 0.6 is 0 Å². The summed E-state index contributed by atoms with van der Waals surface area (Å²) in [4.78, 5) is 32.5. The van der Waals surface area contributed by atoms with E-state index in [-0.39, 0.29) is 29.2 Å². The molecule has 1 aromatic rings. The van der Waals surface area contributed by atoms with Crippen molar-refractivity contribution in [2.45, 2.75) is 45.3 Å². The first-order valence-corrected chi connectivity index (χ1v) is 10.9. The molecule has 3 rings (SSSR count). The van der Waals surface area contributed by atoms with Crippen LogP contribution in [-0.2, 0) is 26.0 Å². The minimum absolute atomic E-state index is 0.0335. The molecule has 0 unspecified atom stereocenters. The fraction of sp³-hybridized carbons (Fsp3) is 0.706. The van der Waals surface area contributed by atoms with E-state index in [4.69, 9.17) is 0 Å². The highest BCUT2D eigenvalue weighted by molar-refractivity contribution is 7.91. The predicted octanol–water partition coefficient (Wildman–Crippen LogP) is 0.156. The fourth-order valence-electron chi connectivity index (χ4n) is 3.84. The SMILES string of the molecule is CC(C)C(=O)N1CCN(C(=O)CCCn2ccnc2)[C@H]2CS(=O)(=O)C[C@H]21. The molecule has 26 heavy (non-hydrogen) atoms. The number of hydrogen-bond donors (Lipinski definition) is 0. The van der Waals surface area contributed by atoms with Gasteiger partial charge in [-0.2, -0.15) is 0 Å². The second-order valence-corrected chi connectivity index (χ2v) is 9.54. The van der Waals surface area contributed by atoms with E-state index in [9.17, 15) is 18.0 Å². The van der Waals surface area contributed by atoms with Crippen molar-refractivity contribution in [3.05, 3.63) is 18.7 Å². The number of aromatic nitrogens is 2. The van der Waals surface area contributed by atoms with Gasteiger partial charge in [0.2, 0.25) is 11.8 Å². The molecule has 0 spiro atoms. The van der Waals surface area contributed by atoms with Gasteiger partial charge in [0.1, 0.15) is 0 Å². The smallest absolute Gasteiger partial charge is 0.225 e. The van der Waals surface area contributed by atoms with Crippen LogP contribution < -0.4 is 0 Å². The van der Waals surface area contributed by atoms with Crippen LogP contribution in [0.2, 0.25) is 0 Å². The number of carbonyl (C=O) groups is 2. The first-order valence-electron chi connectivity index (χ1n) is 9.04. The monoisotopic (exact) mass is 382 g/mol. The van der Waals surface area contributed by atoms with Crippen molar-refractivity contribution in [3.63, 3.8) is 0 Å². The van der Waals surface area contributed by atoms with Crippen molar-refractivity contribution in [2.24, 2.45) is 5.92 Å². The highest BCUT2D eigenvalue weighted by Crippen LogP contribution is 2.28. The first-order chi connectivity index (χ1) is 12.3. The number of rotatable bonds is 5. The summed E-state index contributed by atoms with van der Waals surface area (Å²) in [6, 6.07) is -0.835. The summed E-state index contributed by atoms with van der Waals surface area (Å²) in [5.41, 5.74) is 0. The molecule has 2 aliphatic rings. The molecule has 1 aromatic heterocycles. The number of piperazine rings is 1. The van der Waals surface area contributed by atoms with Gasteiger partial charge in [0.15, 0.2) is 9.84 Å². The third-order valence-corrected chi connectivity index (χ3v) is 6.84. The molecule has 2 amide bonds. The molecule has 2 atom stereocenters. The van der Waals surface area contributed by atoms with Crippen LogP contribution in [-0.4, -0.2) is 76.3 Å². The van der Waals surface area contributed by atoms with Gasteiger partial charge in [-0.3, -0.25) is 9.59 Å². The number of amides is 2. The molecule has 2 saturated heterocycles. The molecule has 0 aromatic carbocycles. The van der Waals surface area contributed by atoms with Gasteiger partial charge < -0.3 is 14.4 Å². The Morgan fingerprint density at radius 1 is 1.15 bits per heavy atom. The second-order valence-electron chi connectivity index (χ2n) is 7.39.